The molecule has 0 radical (unpaired) electrons. The quantitative estimate of drug-likeness (QED) is 0.299. The Morgan fingerprint density at radius 1 is 1.16 bits per heavy atom. The number of hydrogen-bond donors (Lipinski definition) is 2. The zero-order valence-corrected chi connectivity index (χ0v) is 21.1. The van der Waals surface area contributed by atoms with E-state index in [-0.39, 0.29) is 5.91 Å². The smallest absolute Gasteiger partial charge is 0.249 e. The molecule has 1 amide bonds. The molecule has 5 nitrogen and oxygen atoms in total. The van der Waals surface area contributed by atoms with Crippen LogP contribution in [-0.2, 0) is 4.79 Å². The van der Waals surface area contributed by atoms with Crippen LogP contribution >= 0.6 is 0 Å². The second-order valence-corrected chi connectivity index (χ2v) is 8.81. The number of rotatable bonds is 10. The largest absolute Gasteiger partial charge is 0.368 e. The molecule has 0 saturated carbocycles. The number of hydrogen-bond acceptors (Lipinski definition) is 4. The van der Waals surface area contributed by atoms with Gasteiger partial charge in [-0.3, -0.25) is 9.79 Å². The molecule has 5 heteroatoms. The van der Waals surface area contributed by atoms with E-state index in [1.54, 1.807) is 0 Å². The van der Waals surface area contributed by atoms with E-state index in [9.17, 15) is 4.79 Å². The number of nitrogens with one attached hydrogen (secondary N) is 2. The van der Waals surface area contributed by atoms with Gasteiger partial charge in [-0.05, 0) is 85.5 Å². The van der Waals surface area contributed by atoms with Gasteiger partial charge in [0, 0.05) is 48.2 Å². The highest BCUT2D eigenvalue weighted by Gasteiger charge is 2.28. The Hall–Kier alpha value is -2.14. The maximum absolute atomic E-state index is 12.3. The van der Waals surface area contributed by atoms with Crippen LogP contribution in [0.4, 0.5) is 0 Å². The standard InChI is InChI=1S/C26H44N4O/c1-11-25(30(13-3)23-14-18(6)29-19(7)15-23)21(9)20(8)22(10)28-16-24(17(4)5)26(31)27-12-2/h11,18-19,23,29H,1,8,12-16H2,2-7,9-10H3,(H,27,31)/b25-21+,28-22?. The van der Waals surface area contributed by atoms with Gasteiger partial charge in [0.05, 0.1) is 6.54 Å². The van der Waals surface area contributed by atoms with Gasteiger partial charge in [-0.1, -0.05) is 18.7 Å². The van der Waals surface area contributed by atoms with Crippen molar-refractivity contribution in [2.75, 3.05) is 19.6 Å². The van der Waals surface area contributed by atoms with E-state index in [2.05, 4.69) is 56.4 Å². The molecular weight excluding hydrogens is 384 g/mol. The molecule has 1 aliphatic heterocycles. The van der Waals surface area contributed by atoms with Crippen LogP contribution in [0.3, 0.4) is 0 Å². The van der Waals surface area contributed by atoms with Gasteiger partial charge >= 0.3 is 0 Å². The number of carbonyl (C=O) groups is 1. The van der Waals surface area contributed by atoms with Crippen LogP contribution in [0.25, 0.3) is 0 Å². The van der Waals surface area contributed by atoms with Crippen molar-refractivity contribution in [3.05, 3.63) is 47.2 Å². The number of piperidine rings is 1. The van der Waals surface area contributed by atoms with Gasteiger partial charge < -0.3 is 15.5 Å². The van der Waals surface area contributed by atoms with E-state index in [4.69, 9.17) is 4.99 Å². The van der Waals surface area contributed by atoms with Crippen LogP contribution in [0.2, 0.25) is 0 Å². The van der Waals surface area contributed by atoms with Crippen molar-refractivity contribution in [3.63, 3.8) is 0 Å². The number of likely N-dealkylation sites (N-methyl/N-ethyl adjacent to an activating group) is 2. The zero-order valence-electron chi connectivity index (χ0n) is 21.1. The summed E-state index contributed by atoms with van der Waals surface area (Å²) in [7, 11) is 0. The fourth-order valence-electron chi connectivity index (χ4n) is 4.34. The van der Waals surface area contributed by atoms with E-state index < -0.39 is 0 Å². The van der Waals surface area contributed by atoms with Crippen LogP contribution in [0.5, 0.6) is 0 Å². The molecule has 1 aliphatic rings. The molecule has 0 aliphatic carbocycles. The molecule has 0 bridgehead atoms. The van der Waals surface area contributed by atoms with Gasteiger partial charge in [0.2, 0.25) is 5.91 Å². The highest BCUT2D eigenvalue weighted by molar-refractivity contribution is 6.02. The van der Waals surface area contributed by atoms with Crippen LogP contribution in [0, 0.1) is 0 Å². The summed E-state index contributed by atoms with van der Waals surface area (Å²) in [4.78, 5) is 19.5. The lowest BCUT2D eigenvalue weighted by Gasteiger charge is -2.42. The van der Waals surface area contributed by atoms with Crippen LogP contribution in [0.15, 0.2) is 52.2 Å². The molecule has 1 rings (SSSR count). The summed E-state index contributed by atoms with van der Waals surface area (Å²) in [5.41, 5.74) is 5.66. The Morgan fingerprint density at radius 2 is 1.74 bits per heavy atom. The number of amides is 1. The minimum atomic E-state index is -0.0463. The van der Waals surface area contributed by atoms with E-state index in [0.717, 1.165) is 47.5 Å². The van der Waals surface area contributed by atoms with Crippen molar-refractivity contribution < 1.29 is 4.79 Å². The molecule has 1 fully saturated rings. The van der Waals surface area contributed by atoms with Crippen LogP contribution in [0.1, 0.15) is 68.2 Å². The summed E-state index contributed by atoms with van der Waals surface area (Å²) in [6, 6.07) is 1.47. The van der Waals surface area contributed by atoms with Gasteiger partial charge in [-0.2, -0.15) is 0 Å². The lowest BCUT2D eigenvalue weighted by molar-refractivity contribution is -0.117. The highest BCUT2D eigenvalue weighted by Crippen LogP contribution is 2.27. The molecule has 31 heavy (non-hydrogen) atoms. The van der Waals surface area contributed by atoms with E-state index >= 15 is 0 Å². The second kappa shape index (κ2) is 12.7. The van der Waals surface area contributed by atoms with Gasteiger partial charge in [0.25, 0.3) is 0 Å². The van der Waals surface area contributed by atoms with Crippen molar-refractivity contribution in [1.29, 1.82) is 0 Å². The van der Waals surface area contributed by atoms with E-state index in [0.29, 0.717) is 36.8 Å². The monoisotopic (exact) mass is 428 g/mol. The molecule has 1 saturated heterocycles. The van der Waals surface area contributed by atoms with Crippen LogP contribution in [-0.4, -0.2) is 54.3 Å². The van der Waals surface area contributed by atoms with Gasteiger partial charge in [-0.25, -0.2) is 0 Å². The van der Waals surface area contributed by atoms with E-state index in [1.165, 1.54) is 0 Å². The first-order valence-corrected chi connectivity index (χ1v) is 11.6. The molecule has 2 N–H and O–H groups in total. The molecule has 0 aromatic carbocycles. The first kappa shape index (κ1) is 26.9. The van der Waals surface area contributed by atoms with Crippen molar-refractivity contribution >= 4 is 11.6 Å². The predicted molar refractivity (Wildman–Crippen MR) is 135 cm³/mol. The highest BCUT2D eigenvalue weighted by atomic mass is 16.1. The lowest BCUT2D eigenvalue weighted by atomic mass is 9.92. The average molecular weight is 429 g/mol. The zero-order chi connectivity index (χ0) is 23.7. The molecule has 0 spiro atoms. The third kappa shape index (κ3) is 7.49. The normalized spacial score (nSPS) is 22.3. The minimum Gasteiger partial charge on any atom is -0.368 e. The summed E-state index contributed by atoms with van der Waals surface area (Å²) in [5, 5.41) is 6.50. The van der Waals surface area contributed by atoms with Crippen LogP contribution < -0.4 is 10.6 Å². The fourth-order valence-corrected chi connectivity index (χ4v) is 4.34. The number of carbonyl (C=O) groups excluding carboxylic acids is 1. The molecule has 0 aromatic heterocycles. The number of nitrogens with zero attached hydrogens (tertiary/aromatic N) is 2. The summed E-state index contributed by atoms with van der Waals surface area (Å²) in [6.45, 7) is 26.9. The Bertz CT molecular complexity index is 745. The van der Waals surface area contributed by atoms with Gasteiger partial charge in [-0.15, -0.1) is 0 Å². The number of aliphatic imine (C=N–C) groups is 1. The van der Waals surface area contributed by atoms with Crippen molar-refractivity contribution in [1.82, 2.24) is 15.5 Å². The Balaban J connectivity index is 3.14. The molecule has 2 unspecified atom stereocenters. The van der Waals surface area contributed by atoms with Gasteiger partial charge in [0.1, 0.15) is 0 Å². The first-order valence-electron chi connectivity index (χ1n) is 11.6. The third-order valence-corrected chi connectivity index (χ3v) is 6.07. The van der Waals surface area contributed by atoms with Gasteiger partial charge in [0.15, 0.2) is 0 Å². The molecule has 2 atom stereocenters. The summed E-state index contributed by atoms with van der Waals surface area (Å²) >= 11 is 0. The Kier molecular flexibility index (Phi) is 11.0. The fraction of sp³-hybridized carbons (Fsp3) is 0.615. The first-order chi connectivity index (χ1) is 14.6. The summed E-state index contributed by atoms with van der Waals surface area (Å²) < 4.78 is 0. The minimum absolute atomic E-state index is 0.0463. The SMILES string of the molecule is C=C/C(=C(/C)C(=C)C(C)=NCC(C(=O)NCC)=C(C)C)N(CC)C1CC(C)NC(C)C1. The summed E-state index contributed by atoms with van der Waals surface area (Å²) in [5.74, 6) is -0.0463. The molecule has 1 heterocycles. The number of allylic oxidation sites excluding steroid dienone is 4. The van der Waals surface area contributed by atoms with Crippen molar-refractivity contribution in [3.8, 4) is 0 Å². The molecule has 174 valence electrons. The van der Waals surface area contributed by atoms with E-state index in [1.807, 2.05) is 33.8 Å². The maximum atomic E-state index is 12.3. The lowest BCUT2D eigenvalue weighted by Crippen LogP contribution is -2.50. The van der Waals surface area contributed by atoms with Crippen molar-refractivity contribution in [2.45, 2.75) is 86.4 Å². The third-order valence-electron chi connectivity index (χ3n) is 6.07. The topological polar surface area (TPSA) is 56.7 Å². The average Bonchev–Trinajstić information content (AvgIpc) is 2.69. The summed E-state index contributed by atoms with van der Waals surface area (Å²) in [6.07, 6.45) is 4.17. The molecular formula is C26H44N4O. The molecule has 0 aromatic rings. The second-order valence-electron chi connectivity index (χ2n) is 8.81. The predicted octanol–water partition coefficient (Wildman–Crippen LogP) is 4.79. The van der Waals surface area contributed by atoms with Crippen molar-refractivity contribution in [2.24, 2.45) is 4.99 Å². The Labute approximate surface area is 190 Å². The maximum Gasteiger partial charge on any atom is 0.249 e. The Morgan fingerprint density at radius 3 is 2.19 bits per heavy atom.